The maximum absolute atomic E-state index is 12.3. The number of benzene rings is 2. The predicted molar refractivity (Wildman–Crippen MR) is 87.2 cm³/mol. The lowest BCUT2D eigenvalue weighted by atomic mass is 10.0. The number of hydrogen-bond acceptors (Lipinski definition) is 2. The molecule has 2 aromatic carbocycles. The van der Waals surface area contributed by atoms with Crippen molar-refractivity contribution in [2.75, 3.05) is 11.1 Å². The molecule has 0 aliphatic heterocycles. The van der Waals surface area contributed by atoms with E-state index < -0.39 is 0 Å². The molecule has 2 aromatic rings. The summed E-state index contributed by atoms with van der Waals surface area (Å²) >= 11 is 3.33. The highest BCUT2D eigenvalue weighted by molar-refractivity contribution is 9.10. The molecule has 0 fully saturated rings. The molecule has 3 nitrogen and oxygen atoms in total. The van der Waals surface area contributed by atoms with Gasteiger partial charge >= 0.3 is 0 Å². The molecule has 104 valence electrons. The Morgan fingerprint density at radius 1 is 1.10 bits per heavy atom. The molecule has 20 heavy (non-hydrogen) atoms. The van der Waals surface area contributed by atoms with Crippen molar-refractivity contribution >= 4 is 33.2 Å². The number of rotatable bonds is 2. The molecule has 2 rings (SSSR count). The average Bonchev–Trinajstić information content (AvgIpc) is 2.33. The first-order valence-corrected chi connectivity index (χ1v) is 7.12. The van der Waals surface area contributed by atoms with E-state index in [1.165, 1.54) is 5.56 Å². The zero-order valence-corrected chi connectivity index (χ0v) is 13.3. The normalized spacial score (nSPS) is 10.4. The molecule has 0 saturated carbocycles. The minimum atomic E-state index is -0.190. The van der Waals surface area contributed by atoms with Crippen LogP contribution in [-0.2, 0) is 0 Å². The summed E-state index contributed by atoms with van der Waals surface area (Å²) in [6, 6.07) is 9.35. The second-order valence-electron chi connectivity index (χ2n) is 4.96. The number of halogens is 1. The third kappa shape index (κ3) is 3.02. The zero-order chi connectivity index (χ0) is 14.9. The molecule has 0 heterocycles. The van der Waals surface area contributed by atoms with Gasteiger partial charge in [-0.2, -0.15) is 0 Å². The van der Waals surface area contributed by atoms with Crippen molar-refractivity contribution in [3.63, 3.8) is 0 Å². The maximum Gasteiger partial charge on any atom is 0.257 e. The van der Waals surface area contributed by atoms with E-state index in [1.807, 2.05) is 32.9 Å². The fraction of sp³-hybridized carbons (Fsp3) is 0.188. The van der Waals surface area contributed by atoms with Crippen LogP contribution >= 0.6 is 15.9 Å². The Bertz CT molecular complexity index is 657. The first kappa shape index (κ1) is 14.6. The summed E-state index contributed by atoms with van der Waals surface area (Å²) in [6.45, 7) is 6.01. The van der Waals surface area contributed by atoms with Crippen LogP contribution in [0.2, 0.25) is 0 Å². The lowest BCUT2D eigenvalue weighted by molar-refractivity contribution is 0.102. The van der Waals surface area contributed by atoms with Crippen molar-refractivity contribution < 1.29 is 4.79 Å². The van der Waals surface area contributed by atoms with E-state index in [2.05, 4.69) is 21.2 Å². The van der Waals surface area contributed by atoms with Crippen LogP contribution in [0.4, 0.5) is 11.4 Å². The highest BCUT2D eigenvalue weighted by atomic mass is 79.9. The molecule has 0 aromatic heterocycles. The van der Waals surface area contributed by atoms with Crippen molar-refractivity contribution in [1.82, 2.24) is 0 Å². The maximum atomic E-state index is 12.3. The molecule has 3 N–H and O–H groups in total. The molecule has 0 unspecified atom stereocenters. The van der Waals surface area contributed by atoms with Gasteiger partial charge in [0.15, 0.2) is 0 Å². The van der Waals surface area contributed by atoms with Gasteiger partial charge in [-0.15, -0.1) is 0 Å². The number of hydrogen-bond donors (Lipinski definition) is 2. The van der Waals surface area contributed by atoms with E-state index in [-0.39, 0.29) is 5.91 Å². The Kier molecular flexibility index (Phi) is 4.14. The smallest absolute Gasteiger partial charge is 0.257 e. The van der Waals surface area contributed by atoms with Gasteiger partial charge in [-0.25, -0.2) is 0 Å². The second-order valence-corrected chi connectivity index (χ2v) is 5.88. The quantitative estimate of drug-likeness (QED) is 0.809. The van der Waals surface area contributed by atoms with Crippen molar-refractivity contribution in [3.05, 3.63) is 57.1 Å². The van der Waals surface area contributed by atoms with Crippen molar-refractivity contribution in [1.29, 1.82) is 0 Å². The molecule has 0 atom stereocenters. The van der Waals surface area contributed by atoms with E-state index in [0.29, 0.717) is 11.3 Å². The summed E-state index contributed by atoms with van der Waals surface area (Å²) in [5, 5.41) is 2.95. The number of nitrogens with one attached hydrogen (secondary N) is 1. The van der Waals surface area contributed by atoms with Gasteiger partial charge in [-0.3, -0.25) is 4.79 Å². The number of aryl methyl sites for hydroxylation is 3. The first-order chi connectivity index (χ1) is 9.38. The van der Waals surface area contributed by atoms with E-state index in [4.69, 9.17) is 5.73 Å². The highest BCUT2D eigenvalue weighted by Gasteiger charge is 2.13. The average molecular weight is 333 g/mol. The molecule has 4 heteroatoms. The zero-order valence-electron chi connectivity index (χ0n) is 11.8. The van der Waals surface area contributed by atoms with Gasteiger partial charge in [0.2, 0.25) is 0 Å². The Morgan fingerprint density at radius 2 is 1.70 bits per heavy atom. The molecule has 0 aliphatic rings. The van der Waals surface area contributed by atoms with E-state index in [1.54, 1.807) is 18.2 Å². The monoisotopic (exact) mass is 332 g/mol. The number of carbonyl (C=O) groups excluding carboxylic acids is 1. The van der Waals surface area contributed by atoms with Crippen molar-refractivity contribution in [2.24, 2.45) is 0 Å². The van der Waals surface area contributed by atoms with Crippen LogP contribution in [-0.4, -0.2) is 5.91 Å². The SMILES string of the molecule is Cc1cc(C)c(NC(=O)c2ccc(Br)cc2N)c(C)c1. The fourth-order valence-electron chi connectivity index (χ4n) is 2.30. The predicted octanol–water partition coefficient (Wildman–Crippen LogP) is 4.21. The lowest BCUT2D eigenvalue weighted by Gasteiger charge is -2.13. The summed E-state index contributed by atoms with van der Waals surface area (Å²) in [7, 11) is 0. The van der Waals surface area contributed by atoms with Gasteiger partial charge in [-0.05, 0) is 50.1 Å². The van der Waals surface area contributed by atoms with E-state index >= 15 is 0 Å². The third-order valence-electron chi connectivity index (χ3n) is 3.17. The topological polar surface area (TPSA) is 55.1 Å². The van der Waals surface area contributed by atoms with Gasteiger partial charge < -0.3 is 11.1 Å². The minimum Gasteiger partial charge on any atom is -0.398 e. The third-order valence-corrected chi connectivity index (χ3v) is 3.67. The highest BCUT2D eigenvalue weighted by Crippen LogP contribution is 2.24. The molecule has 0 bridgehead atoms. The number of anilines is 2. The van der Waals surface area contributed by atoms with Crippen LogP contribution in [0.1, 0.15) is 27.0 Å². The molecule has 1 amide bonds. The van der Waals surface area contributed by atoms with Crippen molar-refractivity contribution in [2.45, 2.75) is 20.8 Å². The second kappa shape index (κ2) is 5.67. The molecular weight excluding hydrogens is 316 g/mol. The van der Waals surface area contributed by atoms with E-state index in [0.717, 1.165) is 21.3 Å². The Labute approximate surface area is 127 Å². The minimum absolute atomic E-state index is 0.190. The van der Waals surface area contributed by atoms with Gasteiger partial charge in [0.1, 0.15) is 0 Å². The Balaban J connectivity index is 2.33. The molecule has 0 aliphatic carbocycles. The van der Waals surface area contributed by atoms with Crippen LogP contribution in [0.3, 0.4) is 0 Å². The standard InChI is InChI=1S/C16H17BrN2O/c1-9-6-10(2)15(11(3)7-9)19-16(20)13-5-4-12(17)8-14(13)18/h4-8H,18H2,1-3H3,(H,19,20). The van der Waals surface area contributed by atoms with Crippen LogP contribution in [0.5, 0.6) is 0 Å². The lowest BCUT2D eigenvalue weighted by Crippen LogP contribution is -2.15. The van der Waals surface area contributed by atoms with Crippen molar-refractivity contribution in [3.8, 4) is 0 Å². The fourth-order valence-corrected chi connectivity index (χ4v) is 2.68. The van der Waals surface area contributed by atoms with Crippen LogP contribution < -0.4 is 11.1 Å². The summed E-state index contributed by atoms with van der Waals surface area (Å²) in [5.41, 5.74) is 10.9. The summed E-state index contributed by atoms with van der Waals surface area (Å²) in [4.78, 5) is 12.3. The summed E-state index contributed by atoms with van der Waals surface area (Å²) < 4.78 is 0.856. The van der Waals surface area contributed by atoms with Gasteiger partial charge in [0, 0.05) is 15.8 Å². The number of nitrogen functional groups attached to an aromatic ring is 1. The number of amides is 1. The van der Waals surface area contributed by atoms with Crippen LogP contribution in [0, 0.1) is 20.8 Å². The number of carbonyl (C=O) groups is 1. The summed E-state index contributed by atoms with van der Waals surface area (Å²) in [5.74, 6) is -0.190. The Hall–Kier alpha value is -1.81. The molecule has 0 saturated heterocycles. The summed E-state index contributed by atoms with van der Waals surface area (Å²) in [6.07, 6.45) is 0. The van der Waals surface area contributed by atoms with Crippen LogP contribution in [0.15, 0.2) is 34.8 Å². The Morgan fingerprint density at radius 3 is 2.25 bits per heavy atom. The van der Waals surface area contributed by atoms with Crippen LogP contribution in [0.25, 0.3) is 0 Å². The largest absolute Gasteiger partial charge is 0.398 e. The van der Waals surface area contributed by atoms with Gasteiger partial charge in [0.25, 0.3) is 5.91 Å². The van der Waals surface area contributed by atoms with E-state index in [9.17, 15) is 4.79 Å². The first-order valence-electron chi connectivity index (χ1n) is 6.32. The number of nitrogens with two attached hydrogens (primary N) is 1. The van der Waals surface area contributed by atoms with Gasteiger partial charge in [-0.1, -0.05) is 33.6 Å². The molecular formula is C16H17BrN2O. The molecule has 0 radical (unpaired) electrons. The molecule has 0 spiro atoms. The van der Waals surface area contributed by atoms with Gasteiger partial charge in [0.05, 0.1) is 5.56 Å².